The molecule has 0 N–H and O–H groups in total. The minimum absolute atomic E-state index is 0.474. The fourth-order valence-electron chi connectivity index (χ4n) is 1.23. The molecule has 1 radical (unpaired) electrons. The largest absolute Gasteiger partial charge is 0.420 e. The van der Waals surface area contributed by atoms with E-state index in [9.17, 15) is 0 Å². The first-order valence-corrected chi connectivity index (χ1v) is 7.27. The molecular weight excluding hydrogens is 176 g/mol. The van der Waals surface area contributed by atoms with Crippen LogP contribution in [0.15, 0.2) is 0 Å². The summed E-state index contributed by atoms with van der Waals surface area (Å²) < 4.78 is 5.55. The normalized spacial score (nSPS) is 12.0. The van der Waals surface area contributed by atoms with E-state index in [2.05, 4.69) is 27.7 Å². The van der Waals surface area contributed by atoms with Gasteiger partial charge in [-0.25, -0.2) is 0 Å². The summed E-state index contributed by atoms with van der Waals surface area (Å²) in [6, 6.07) is 2.65. The second kappa shape index (κ2) is 7.57. The maximum atomic E-state index is 5.55. The molecular formula is C11H25OSi. The molecule has 0 aliphatic carbocycles. The quantitative estimate of drug-likeness (QED) is 0.571. The summed E-state index contributed by atoms with van der Waals surface area (Å²) in [5.41, 5.74) is 0. The first kappa shape index (κ1) is 13.2. The first-order valence-electron chi connectivity index (χ1n) is 5.45. The van der Waals surface area contributed by atoms with E-state index in [0.29, 0.717) is 0 Å². The zero-order valence-corrected chi connectivity index (χ0v) is 10.9. The molecule has 0 aromatic carbocycles. The van der Waals surface area contributed by atoms with Gasteiger partial charge >= 0.3 is 0 Å². The van der Waals surface area contributed by atoms with Crippen LogP contribution in [0.2, 0.25) is 12.1 Å². The van der Waals surface area contributed by atoms with Crippen LogP contribution in [0.4, 0.5) is 0 Å². The highest BCUT2D eigenvalue weighted by molar-refractivity contribution is 6.51. The van der Waals surface area contributed by atoms with Crippen LogP contribution >= 0.6 is 0 Å². The van der Waals surface area contributed by atoms with Crippen LogP contribution in [-0.4, -0.2) is 16.2 Å². The van der Waals surface area contributed by atoms with Crippen molar-refractivity contribution in [1.82, 2.24) is 0 Å². The molecule has 0 aromatic rings. The summed E-state index contributed by atoms with van der Waals surface area (Å²) in [6.07, 6.45) is 2.67. The van der Waals surface area contributed by atoms with E-state index < -0.39 is 9.04 Å². The molecule has 0 fully saturated rings. The summed E-state index contributed by atoms with van der Waals surface area (Å²) >= 11 is 0. The fraction of sp³-hybridized carbons (Fsp3) is 1.00. The van der Waals surface area contributed by atoms with Crippen LogP contribution in [0.1, 0.15) is 40.5 Å². The Hall–Kier alpha value is 0.177. The van der Waals surface area contributed by atoms with Gasteiger partial charge in [0.2, 0.25) is 9.04 Å². The third-order valence-electron chi connectivity index (χ3n) is 2.29. The van der Waals surface area contributed by atoms with Crippen molar-refractivity contribution in [2.75, 3.05) is 7.11 Å². The van der Waals surface area contributed by atoms with Gasteiger partial charge in [0, 0.05) is 7.11 Å². The van der Waals surface area contributed by atoms with Gasteiger partial charge in [-0.1, -0.05) is 40.5 Å². The first-order chi connectivity index (χ1) is 6.06. The van der Waals surface area contributed by atoms with Crippen molar-refractivity contribution in [2.24, 2.45) is 11.8 Å². The molecule has 0 aliphatic heterocycles. The molecule has 0 aromatic heterocycles. The summed E-state index contributed by atoms with van der Waals surface area (Å²) in [6.45, 7) is 9.16. The molecule has 0 heterocycles. The highest BCUT2D eigenvalue weighted by Crippen LogP contribution is 2.15. The van der Waals surface area contributed by atoms with Gasteiger partial charge in [-0.05, 0) is 23.9 Å². The molecule has 13 heavy (non-hydrogen) atoms. The number of hydrogen-bond acceptors (Lipinski definition) is 1. The van der Waals surface area contributed by atoms with Crippen molar-refractivity contribution in [1.29, 1.82) is 0 Å². The number of hydrogen-bond donors (Lipinski definition) is 0. The van der Waals surface area contributed by atoms with E-state index in [1.807, 2.05) is 7.11 Å². The van der Waals surface area contributed by atoms with Gasteiger partial charge in [0.15, 0.2) is 0 Å². The monoisotopic (exact) mass is 201 g/mol. The van der Waals surface area contributed by atoms with Gasteiger partial charge in [-0.3, -0.25) is 0 Å². The Kier molecular flexibility index (Phi) is 7.67. The van der Waals surface area contributed by atoms with Crippen LogP contribution in [0, 0.1) is 11.8 Å². The molecule has 0 saturated carbocycles. The molecule has 0 amide bonds. The van der Waals surface area contributed by atoms with Crippen molar-refractivity contribution in [2.45, 2.75) is 52.6 Å². The smallest absolute Gasteiger partial charge is 0.210 e. The standard InChI is InChI=1S/C11H25OSi/c1-10(2)6-8-13(12-5)9-7-11(3)4/h10-11H,6-9H2,1-5H3. The molecule has 2 heteroatoms. The number of rotatable bonds is 7. The van der Waals surface area contributed by atoms with Crippen LogP contribution in [-0.2, 0) is 4.43 Å². The van der Waals surface area contributed by atoms with Crippen molar-refractivity contribution >= 4 is 9.04 Å². The average molecular weight is 201 g/mol. The molecule has 0 rings (SSSR count). The molecule has 0 bridgehead atoms. The Morgan fingerprint density at radius 1 is 0.923 bits per heavy atom. The minimum Gasteiger partial charge on any atom is -0.420 e. The molecule has 0 atom stereocenters. The Morgan fingerprint density at radius 2 is 1.31 bits per heavy atom. The van der Waals surface area contributed by atoms with Gasteiger partial charge in [0.05, 0.1) is 0 Å². The van der Waals surface area contributed by atoms with Gasteiger partial charge in [-0.2, -0.15) is 0 Å². The lowest BCUT2D eigenvalue weighted by atomic mass is 10.2. The van der Waals surface area contributed by atoms with E-state index in [4.69, 9.17) is 4.43 Å². The lowest BCUT2D eigenvalue weighted by Crippen LogP contribution is -2.16. The Bertz CT molecular complexity index is 101. The maximum Gasteiger partial charge on any atom is 0.210 e. The maximum absolute atomic E-state index is 5.55. The van der Waals surface area contributed by atoms with Crippen molar-refractivity contribution in [3.05, 3.63) is 0 Å². The topological polar surface area (TPSA) is 9.23 Å². The van der Waals surface area contributed by atoms with Gasteiger partial charge in [-0.15, -0.1) is 0 Å². The highest BCUT2D eigenvalue weighted by Gasteiger charge is 2.12. The Labute approximate surface area is 85.6 Å². The Morgan fingerprint density at radius 3 is 1.54 bits per heavy atom. The van der Waals surface area contributed by atoms with Crippen LogP contribution in [0.25, 0.3) is 0 Å². The summed E-state index contributed by atoms with van der Waals surface area (Å²) in [5.74, 6) is 1.66. The third kappa shape index (κ3) is 8.51. The van der Waals surface area contributed by atoms with Gasteiger partial charge < -0.3 is 4.43 Å². The second-order valence-corrected chi connectivity index (χ2v) is 7.09. The molecule has 1 nitrogen and oxygen atoms in total. The van der Waals surface area contributed by atoms with E-state index >= 15 is 0 Å². The van der Waals surface area contributed by atoms with E-state index in [-0.39, 0.29) is 0 Å². The summed E-state index contributed by atoms with van der Waals surface area (Å²) in [4.78, 5) is 0. The average Bonchev–Trinajstić information content (AvgIpc) is 2.04. The predicted molar refractivity (Wildman–Crippen MR) is 61.3 cm³/mol. The lowest BCUT2D eigenvalue weighted by molar-refractivity contribution is 0.406. The minimum atomic E-state index is -0.474. The van der Waals surface area contributed by atoms with Crippen LogP contribution < -0.4 is 0 Å². The van der Waals surface area contributed by atoms with Gasteiger partial charge in [0.25, 0.3) is 0 Å². The highest BCUT2D eigenvalue weighted by atomic mass is 28.3. The van der Waals surface area contributed by atoms with Crippen molar-refractivity contribution in [3.63, 3.8) is 0 Å². The molecule has 0 saturated heterocycles. The summed E-state index contributed by atoms with van der Waals surface area (Å²) in [7, 11) is 1.41. The molecule has 79 valence electrons. The lowest BCUT2D eigenvalue weighted by Gasteiger charge is -2.14. The van der Waals surface area contributed by atoms with E-state index in [1.165, 1.54) is 24.9 Å². The third-order valence-corrected chi connectivity index (χ3v) is 4.56. The van der Waals surface area contributed by atoms with Crippen LogP contribution in [0.5, 0.6) is 0 Å². The fourth-order valence-corrected chi connectivity index (χ4v) is 3.69. The van der Waals surface area contributed by atoms with E-state index in [1.54, 1.807) is 0 Å². The zero-order valence-electron chi connectivity index (χ0n) is 9.89. The zero-order chi connectivity index (χ0) is 10.3. The SMILES string of the molecule is CO[Si](CCC(C)C)CCC(C)C. The van der Waals surface area contributed by atoms with Crippen LogP contribution in [0.3, 0.4) is 0 Å². The summed E-state index contributed by atoms with van der Waals surface area (Å²) in [5, 5.41) is 0. The Balaban J connectivity index is 3.51. The molecule has 0 unspecified atom stereocenters. The van der Waals surface area contributed by atoms with Crippen molar-refractivity contribution in [3.8, 4) is 0 Å². The molecule has 0 aliphatic rings. The predicted octanol–water partition coefficient (Wildman–Crippen LogP) is 3.72. The van der Waals surface area contributed by atoms with E-state index in [0.717, 1.165) is 11.8 Å². The molecule has 0 spiro atoms. The van der Waals surface area contributed by atoms with Gasteiger partial charge in [0.1, 0.15) is 0 Å². The second-order valence-electron chi connectivity index (χ2n) is 4.61. The van der Waals surface area contributed by atoms with Crippen molar-refractivity contribution < 1.29 is 4.43 Å².